The lowest BCUT2D eigenvalue weighted by Crippen LogP contribution is -2.33. The van der Waals surface area contributed by atoms with Crippen LogP contribution in [-0.4, -0.2) is 40.5 Å². The summed E-state index contributed by atoms with van der Waals surface area (Å²) in [7, 11) is 5.68. The zero-order chi connectivity index (χ0) is 15.8. The fourth-order valence-electron chi connectivity index (χ4n) is 3.20. The van der Waals surface area contributed by atoms with Crippen LogP contribution in [0.2, 0.25) is 0 Å². The highest BCUT2D eigenvalue weighted by molar-refractivity contribution is 5.60. The molecule has 0 heterocycles. The maximum atomic E-state index is 5.63. The SMILES string of the molecule is COCCNCc1ccc(N(C)C2CCCCC2)c(OC)c1. The Bertz CT molecular complexity index is 445. The highest BCUT2D eigenvalue weighted by atomic mass is 16.5. The summed E-state index contributed by atoms with van der Waals surface area (Å²) in [5, 5.41) is 3.37. The van der Waals surface area contributed by atoms with Crippen LogP contribution in [0.1, 0.15) is 37.7 Å². The van der Waals surface area contributed by atoms with Crippen LogP contribution in [-0.2, 0) is 11.3 Å². The van der Waals surface area contributed by atoms with E-state index in [4.69, 9.17) is 9.47 Å². The second kappa shape index (κ2) is 9.01. The summed E-state index contributed by atoms with van der Waals surface area (Å²) < 4.78 is 10.7. The largest absolute Gasteiger partial charge is 0.495 e. The Kier molecular flexibility index (Phi) is 7.00. The summed E-state index contributed by atoms with van der Waals surface area (Å²) in [4.78, 5) is 2.40. The van der Waals surface area contributed by atoms with Gasteiger partial charge in [0.15, 0.2) is 0 Å². The van der Waals surface area contributed by atoms with Gasteiger partial charge in [-0.05, 0) is 30.5 Å². The highest BCUT2D eigenvalue weighted by Gasteiger charge is 2.20. The van der Waals surface area contributed by atoms with Crippen LogP contribution in [0.15, 0.2) is 18.2 Å². The molecule has 0 aliphatic heterocycles. The van der Waals surface area contributed by atoms with Crippen molar-refractivity contribution in [3.63, 3.8) is 0 Å². The standard InChI is InChI=1S/C18H30N2O2/c1-20(16-7-5-4-6-8-16)17-10-9-15(13-18(17)22-3)14-19-11-12-21-2/h9-10,13,16,19H,4-8,11-12,14H2,1-3H3. The zero-order valence-corrected chi connectivity index (χ0v) is 14.2. The first kappa shape index (κ1) is 17.1. The molecule has 1 aliphatic rings. The van der Waals surface area contributed by atoms with Crippen LogP contribution in [0.3, 0.4) is 0 Å². The first-order valence-electron chi connectivity index (χ1n) is 8.35. The van der Waals surface area contributed by atoms with Gasteiger partial charge < -0.3 is 19.7 Å². The monoisotopic (exact) mass is 306 g/mol. The Hall–Kier alpha value is -1.26. The number of benzene rings is 1. The molecule has 1 fully saturated rings. The van der Waals surface area contributed by atoms with Gasteiger partial charge in [0, 0.05) is 33.3 Å². The topological polar surface area (TPSA) is 33.7 Å². The molecule has 1 aromatic carbocycles. The summed E-state index contributed by atoms with van der Waals surface area (Å²) in [6.07, 6.45) is 6.66. The van der Waals surface area contributed by atoms with Crippen LogP contribution < -0.4 is 15.0 Å². The molecule has 0 aromatic heterocycles. The lowest BCUT2D eigenvalue weighted by molar-refractivity contribution is 0.199. The molecule has 0 radical (unpaired) electrons. The second-order valence-corrected chi connectivity index (χ2v) is 6.08. The second-order valence-electron chi connectivity index (χ2n) is 6.08. The molecular weight excluding hydrogens is 276 g/mol. The van der Waals surface area contributed by atoms with Crippen molar-refractivity contribution < 1.29 is 9.47 Å². The third-order valence-corrected chi connectivity index (χ3v) is 4.56. The minimum absolute atomic E-state index is 0.647. The van der Waals surface area contributed by atoms with Gasteiger partial charge in [-0.2, -0.15) is 0 Å². The van der Waals surface area contributed by atoms with Crippen LogP contribution in [0.4, 0.5) is 5.69 Å². The summed E-state index contributed by atoms with van der Waals surface area (Å²) >= 11 is 0. The Balaban J connectivity index is 2.01. The fraction of sp³-hybridized carbons (Fsp3) is 0.667. The van der Waals surface area contributed by atoms with Gasteiger partial charge in [0.05, 0.1) is 19.4 Å². The van der Waals surface area contributed by atoms with E-state index in [-0.39, 0.29) is 0 Å². The first-order chi connectivity index (χ1) is 10.8. The number of nitrogens with one attached hydrogen (secondary N) is 1. The predicted molar refractivity (Wildman–Crippen MR) is 91.9 cm³/mol. The van der Waals surface area contributed by atoms with Crippen molar-refractivity contribution in [1.82, 2.24) is 5.32 Å². The van der Waals surface area contributed by atoms with Crippen molar-refractivity contribution in [2.24, 2.45) is 0 Å². The quantitative estimate of drug-likeness (QED) is 0.748. The molecule has 0 bridgehead atoms. The molecular formula is C18H30N2O2. The summed E-state index contributed by atoms with van der Waals surface area (Å²) in [6, 6.07) is 7.18. The van der Waals surface area contributed by atoms with E-state index in [2.05, 4.69) is 35.5 Å². The van der Waals surface area contributed by atoms with Crippen molar-refractivity contribution in [1.29, 1.82) is 0 Å². The average Bonchev–Trinajstić information content (AvgIpc) is 2.58. The molecule has 1 saturated carbocycles. The first-order valence-corrected chi connectivity index (χ1v) is 8.35. The van der Waals surface area contributed by atoms with E-state index >= 15 is 0 Å². The highest BCUT2D eigenvalue weighted by Crippen LogP contribution is 2.33. The average molecular weight is 306 g/mol. The van der Waals surface area contributed by atoms with Crippen molar-refractivity contribution in [2.75, 3.05) is 39.3 Å². The van der Waals surface area contributed by atoms with Gasteiger partial charge in [-0.25, -0.2) is 0 Å². The smallest absolute Gasteiger partial charge is 0.142 e. The van der Waals surface area contributed by atoms with E-state index in [9.17, 15) is 0 Å². The summed E-state index contributed by atoms with van der Waals surface area (Å²) in [6.45, 7) is 2.44. The third kappa shape index (κ3) is 4.62. The molecule has 1 N–H and O–H groups in total. The molecule has 0 spiro atoms. The van der Waals surface area contributed by atoms with Crippen LogP contribution >= 0.6 is 0 Å². The number of anilines is 1. The minimum Gasteiger partial charge on any atom is -0.495 e. The zero-order valence-electron chi connectivity index (χ0n) is 14.2. The molecule has 0 unspecified atom stereocenters. The molecule has 4 nitrogen and oxygen atoms in total. The van der Waals surface area contributed by atoms with Crippen molar-refractivity contribution in [3.05, 3.63) is 23.8 Å². The van der Waals surface area contributed by atoms with Crippen LogP contribution in [0.5, 0.6) is 5.75 Å². The number of nitrogens with zero attached hydrogens (tertiary/aromatic N) is 1. The van der Waals surface area contributed by atoms with Crippen LogP contribution in [0, 0.1) is 0 Å². The van der Waals surface area contributed by atoms with E-state index < -0.39 is 0 Å². The molecule has 0 amide bonds. The van der Waals surface area contributed by atoms with E-state index in [1.807, 2.05) is 0 Å². The van der Waals surface area contributed by atoms with Crippen LogP contribution in [0.25, 0.3) is 0 Å². The number of hydrogen-bond acceptors (Lipinski definition) is 4. The maximum Gasteiger partial charge on any atom is 0.142 e. The van der Waals surface area contributed by atoms with Gasteiger partial charge in [-0.15, -0.1) is 0 Å². The lowest BCUT2D eigenvalue weighted by Gasteiger charge is -2.33. The Morgan fingerprint density at radius 2 is 1.95 bits per heavy atom. The Labute approximate surface area is 134 Å². The van der Waals surface area contributed by atoms with Gasteiger partial charge in [0.1, 0.15) is 5.75 Å². The van der Waals surface area contributed by atoms with E-state index in [0.717, 1.165) is 25.4 Å². The molecule has 124 valence electrons. The number of ether oxygens (including phenoxy) is 2. The molecule has 22 heavy (non-hydrogen) atoms. The van der Waals surface area contributed by atoms with Crippen molar-refractivity contribution in [2.45, 2.75) is 44.7 Å². The summed E-state index contributed by atoms with van der Waals surface area (Å²) in [5.74, 6) is 0.971. The molecule has 1 aromatic rings. The summed E-state index contributed by atoms with van der Waals surface area (Å²) in [5.41, 5.74) is 2.45. The van der Waals surface area contributed by atoms with E-state index in [0.29, 0.717) is 6.04 Å². The van der Waals surface area contributed by atoms with Gasteiger partial charge in [-0.1, -0.05) is 25.3 Å². The lowest BCUT2D eigenvalue weighted by atomic mass is 9.94. The van der Waals surface area contributed by atoms with E-state index in [1.165, 1.54) is 43.4 Å². The van der Waals surface area contributed by atoms with Gasteiger partial charge in [0.2, 0.25) is 0 Å². The van der Waals surface area contributed by atoms with Crippen molar-refractivity contribution in [3.8, 4) is 5.75 Å². The van der Waals surface area contributed by atoms with Gasteiger partial charge in [-0.3, -0.25) is 0 Å². The molecule has 0 atom stereocenters. The van der Waals surface area contributed by atoms with Gasteiger partial charge >= 0.3 is 0 Å². The van der Waals surface area contributed by atoms with Gasteiger partial charge in [0.25, 0.3) is 0 Å². The molecule has 1 aliphatic carbocycles. The molecule has 0 saturated heterocycles. The number of hydrogen-bond donors (Lipinski definition) is 1. The van der Waals surface area contributed by atoms with Crippen molar-refractivity contribution >= 4 is 5.69 Å². The van der Waals surface area contributed by atoms with E-state index in [1.54, 1.807) is 14.2 Å². The Morgan fingerprint density at radius 3 is 2.64 bits per heavy atom. The molecule has 4 heteroatoms. The normalized spacial score (nSPS) is 15.8. The molecule has 2 rings (SSSR count). The Morgan fingerprint density at radius 1 is 1.18 bits per heavy atom. The third-order valence-electron chi connectivity index (χ3n) is 4.56. The number of methoxy groups -OCH3 is 2. The number of rotatable bonds is 8. The fourth-order valence-corrected chi connectivity index (χ4v) is 3.20. The minimum atomic E-state index is 0.647. The predicted octanol–water partition coefficient (Wildman–Crippen LogP) is 3.20. The maximum absolute atomic E-state index is 5.63.